The topological polar surface area (TPSA) is 88.0 Å². The largest absolute Gasteiger partial charge is 0.507 e. The van der Waals surface area contributed by atoms with Gasteiger partial charge in [-0.3, -0.25) is 0 Å². The van der Waals surface area contributed by atoms with Crippen molar-refractivity contribution in [1.29, 1.82) is 10.5 Å². The predicted molar refractivity (Wildman–Crippen MR) is 48.5 cm³/mol. The van der Waals surface area contributed by atoms with Crippen molar-refractivity contribution in [2.45, 2.75) is 12.8 Å². The van der Waals surface area contributed by atoms with Gasteiger partial charge in [-0.15, -0.1) is 0 Å². The molecule has 1 atom stereocenters. The summed E-state index contributed by atoms with van der Waals surface area (Å²) in [6.45, 7) is 1.60. The molecule has 2 N–H and O–H groups in total. The molecule has 14 heavy (non-hydrogen) atoms. The van der Waals surface area contributed by atoms with Gasteiger partial charge in [0.05, 0.1) is 17.6 Å². The Kier molecular flexibility index (Phi) is 2.59. The van der Waals surface area contributed by atoms with E-state index in [4.69, 9.17) is 10.5 Å². The van der Waals surface area contributed by atoms with E-state index >= 15 is 0 Å². The Morgan fingerprint density at radius 1 is 1.21 bits per heavy atom. The molecule has 0 aliphatic heterocycles. The van der Waals surface area contributed by atoms with Crippen LogP contribution in [0.1, 0.15) is 24.0 Å². The summed E-state index contributed by atoms with van der Waals surface area (Å²) < 4.78 is 0. The molecule has 0 saturated heterocycles. The lowest BCUT2D eigenvalue weighted by atomic mass is 9.99. The molecule has 1 unspecified atom stereocenters. The predicted octanol–water partition coefficient (Wildman–Crippen LogP) is 1.60. The molecule has 0 radical (unpaired) electrons. The molecule has 0 spiro atoms. The van der Waals surface area contributed by atoms with Crippen molar-refractivity contribution in [3.63, 3.8) is 0 Å². The minimum absolute atomic E-state index is 0.0555. The van der Waals surface area contributed by atoms with Crippen molar-refractivity contribution >= 4 is 0 Å². The normalized spacial score (nSPS) is 11.4. The summed E-state index contributed by atoms with van der Waals surface area (Å²) in [7, 11) is 0. The molecule has 0 amide bonds. The first-order valence-corrected chi connectivity index (χ1v) is 3.95. The lowest BCUT2D eigenvalue weighted by Crippen LogP contribution is -1.91. The van der Waals surface area contributed by atoms with Crippen LogP contribution in [0.4, 0.5) is 0 Å². The van der Waals surface area contributed by atoms with Crippen molar-refractivity contribution in [3.05, 3.63) is 23.3 Å². The van der Waals surface area contributed by atoms with Gasteiger partial charge < -0.3 is 10.2 Å². The summed E-state index contributed by atoms with van der Waals surface area (Å²) in [5, 5.41) is 35.8. The minimum Gasteiger partial charge on any atom is -0.507 e. The molecule has 70 valence electrons. The standard InChI is InChI=1S/C10H8N2O2/c1-6(4-11)8-2-7(5-12)9(13)3-10(8)14/h2-3,6,13-14H,1H3. The van der Waals surface area contributed by atoms with Crippen LogP contribution in [0.5, 0.6) is 11.5 Å². The second-order valence-electron chi connectivity index (χ2n) is 2.89. The van der Waals surface area contributed by atoms with Crippen molar-refractivity contribution in [2.75, 3.05) is 0 Å². The van der Waals surface area contributed by atoms with E-state index in [1.807, 2.05) is 6.07 Å². The SMILES string of the molecule is CC(C#N)c1cc(C#N)c(O)cc1O. The van der Waals surface area contributed by atoms with Gasteiger partial charge in [0.25, 0.3) is 0 Å². The minimum atomic E-state index is -0.511. The maximum atomic E-state index is 9.39. The highest BCUT2D eigenvalue weighted by Crippen LogP contribution is 2.31. The number of aromatic hydroxyl groups is 2. The van der Waals surface area contributed by atoms with Crippen LogP contribution in [0.15, 0.2) is 12.1 Å². The molecule has 0 aliphatic rings. The molecule has 0 heterocycles. The van der Waals surface area contributed by atoms with E-state index in [0.29, 0.717) is 5.56 Å². The highest BCUT2D eigenvalue weighted by Gasteiger charge is 2.13. The maximum absolute atomic E-state index is 9.39. The van der Waals surface area contributed by atoms with Crippen LogP contribution in [0.3, 0.4) is 0 Å². The number of nitriles is 2. The van der Waals surface area contributed by atoms with Gasteiger partial charge in [-0.25, -0.2) is 0 Å². The average molecular weight is 188 g/mol. The summed E-state index contributed by atoms with van der Waals surface area (Å²) in [4.78, 5) is 0. The van der Waals surface area contributed by atoms with E-state index in [9.17, 15) is 10.2 Å². The molecule has 1 aromatic carbocycles. The number of hydrogen-bond donors (Lipinski definition) is 2. The number of nitrogens with zero attached hydrogens (tertiary/aromatic N) is 2. The van der Waals surface area contributed by atoms with Crippen LogP contribution in [-0.4, -0.2) is 10.2 Å². The van der Waals surface area contributed by atoms with Crippen molar-refractivity contribution < 1.29 is 10.2 Å². The molecular formula is C10H8N2O2. The molecule has 4 heteroatoms. The fraction of sp³-hybridized carbons (Fsp3) is 0.200. The lowest BCUT2D eigenvalue weighted by Gasteiger charge is -2.07. The zero-order valence-corrected chi connectivity index (χ0v) is 7.52. The zero-order valence-electron chi connectivity index (χ0n) is 7.52. The van der Waals surface area contributed by atoms with E-state index < -0.39 is 5.92 Å². The second-order valence-corrected chi connectivity index (χ2v) is 2.89. The van der Waals surface area contributed by atoms with Gasteiger partial charge in [0, 0.05) is 11.6 Å². The van der Waals surface area contributed by atoms with Gasteiger partial charge in [-0.2, -0.15) is 10.5 Å². The van der Waals surface area contributed by atoms with Crippen LogP contribution < -0.4 is 0 Å². The van der Waals surface area contributed by atoms with Crippen LogP contribution in [0, 0.1) is 22.7 Å². The fourth-order valence-corrected chi connectivity index (χ4v) is 1.10. The van der Waals surface area contributed by atoms with Gasteiger partial charge in [-0.05, 0) is 13.0 Å². The van der Waals surface area contributed by atoms with Gasteiger partial charge in [0.1, 0.15) is 17.6 Å². The molecule has 1 aromatic rings. The van der Waals surface area contributed by atoms with E-state index in [1.165, 1.54) is 6.07 Å². The molecule has 0 saturated carbocycles. The Labute approximate surface area is 81.3 Å². The highest BCUT2D eigenvalue weighted by atomic mass is 16.3. The average Bonchev–Trinajstić information content (AvgIpc) is 2.17. The van der Waals surface area contributed by atoms with E-state index in [0.717, 1.165) is 6.07 Å². The first-order valence-electron chi connectivity index (χ1n) is 3.95. The number of phenolic OH excluding ortho intramolecular Hbond substituents is 2. The summed E-state index contributed by atoms with van der Waals surface area (Å²) in [6, 6.07) is 6.10. The van der Waals surface area contributed by atoms with Crippen LogP contribution in [0.25, 0.3) is 0 Å². The molecular weight excluding hydrogens is 180 g/mol. The molecule has 1 rings (SSSR count). The van der Waals surface area contributed by atoms with E-state index in [-0.39, 0.29) is 17.1 Å². The lowest BCUT2D eigenvalue weighted by molar-refractivity contribution is 0.444. The van der Waals surface area contributed by atoms with Gasteiger partial charge >= 0.3 is 0 Å². The Hall–Kier alpha value is -2.20. The van der Waals surface area contributed by atoms with E-state index in [2.05, 4.69) is 0 Å². The van der Waals surface area contributed by atoms with Crippen molar-refractivity contribution in [2.24, 2.45) is 0 Å². The first-order chi connectivity index (χ1) is 6.60. The molecule has 0 aliphatic carbocycles. The van der Waals surface area contributed by atoms with Gasteiger partial charge in [0.15, 0.2) is 0 Å². The first kappa shape index (κ1) is 9.88. The summed E-state index contributed by atoms with van der Waals surface area (Å²) in [5.74, 6) is -0.961. The van der Waals surface area contributed by atoms with Crippen LogP contribution in [-0.2, 0) is 0 Å². The quantitative estimate of drug-likeness (QED) is 0.700. The number of phenols is 2. The monoisotopic (exact) mass is 188 g/mol. The smallest absolute Gasteiger partial charge is 0.137 e. The van der Waals surface area contributed by atoms with Crippen LogP contribution >= 0.6 is 0 Å². The Morgan fingerprint density at radius 2 is 1.86 bits per heavy atom. The maximum Gasteiger partial charge on any atom is 0.137 e. The van der Waals surface area contributed by atoms with Crippen molar-refractivity contribution in [1.82, 2.24) is 0 Å². The van der Waals surface area contributed by atoms with Crippen molar-refractivity contribution in [3.8, 4) is 23.6 Å². The second kappa shape index (κ2) is 3.68. The van der Waals surface area contributed by atoms with Crippen LogP contribution in [0.2, 0.25) is 0 Å². The molecule has 0 aromatic heterocycles. The summed E-state index contributed by atoms with van der Waals surface area (Å²) >= 11 is 0. The number of rotatable bonds is 1. The third kappa shape index (κ3) is 1.60. The Balaban J connectivity index is 3.35. The molecule has 0 bridgehead atoms. The third-order valence-corrected chi connectivity index (χ3v) is 1.93. The van der Waals surface area contributed by atoms with E-state index in [1.54, 1.807) is 13.0 Å². The summed E-state index contributed by atoms with van der Waals surface area (Å²) in [6.07, 6.45) is 0. The Bertz CT molecular complexity index is 441. The number of benzene rings is 1. The molecule has 4 nitrogen and oxygen atoms in total. The Morgan fingerprint density at radius 3 is 2.36 bits per heavy atom. The summed E-state index contributed by atoms with van der Waals surface area (Å²) in [5.41, 5.74) is 0.404. The number of hydrogen-bond acceptors (Lipinski definition) is 4. The third-order valence-electron chi connectivity index (χ3n) is 1.93. The zero-order chi connectivity index (χ0) is 10.7. The fourth-order valence-electron chi connectivity index (χ4n) is 1.10. The highest BCUT2D eigenvalue weighted by molar-refractivity contribution is 5.52. The van der Waals surface area contributed by atoms with Gasteiger partial charge in [-0.1, -0.05) is 0 Å². The van der Waals surface area contributed by atoms with Gasteiger partial charge in [0.2, 0.25) is 0 Å². The molecule has 0 fully saturated rings.